The monoisotopic (exact) mass is 731 g/mol. The summed E-state index contributed by atoms with van der Waals surface area (Å²) in [7, 11) is 0. The minimum absolute atomic E-state index is 0.120. The van der Waals surface area contributed by atoms with Crippen LogP contribution in [0, 0.1) is 0 Å². The molecule has 0 saturated carbocycles. The highest BCUT2D eigenvalue weighted by molar-refractivity contribution is 6.12. The third-order valence-electron chi connectivity index (χ3n) is 9.57. The van der Waals surface area contributed by atoms with E-state index in [4.69, 9.17) is 30.3 Å². The maximum absolute atomic E-state index is 10.0. The van der Waals surface area contributed by atoms with E-state index in [1.54, 1.807) is 18.2 Å². The molecule has 0 N–H and O–H groups in total. The molecule has 0 amide bonds. The van der Waals surface area contributed by atoms with E-state index in [1.165, 1.54) is 0 Å². The Hall–Kier alpha value is -7.63. The fraction of sp³-hybridized carbons (Fsp3) is 0. The number of aromatic nitrogens is 4. The van der Waals surface area contributed by atoms with E-state index in [-0.39, 0.29) is 44.8 Å². The van der Waals surface area contributed by atoms with Crippen molar-refractivity contribution in [1.29, 1.82) is 0 Å². The van der Waals surface area contributed by atoms with Gasteiger partial charge in [0.2, 0.25) is 0 Å². The highest BCUT2D eigenvalue weighted by Crippen LogP contribution is 2.38. The van der Waals surface area contributed by atoms with Crippen molar-refractivity contribution >= 4 is 43.7 Å². The van der Waals surface area contributed by atoms with Crippen molar-refractivity contribution < 1.29 is 25.0 Å². The van der Waals surface area contributed by atoms with Gasteiger partial charge in [-0.15, -0.1) is 0 Å². The maximum Gasteiger partial charge on any atom is 0.164 e. The van der Waals surface area contributed by atoms with Crippen LogP contribution in [0.15, 0.2) is 198 Å². The summed E-state index contributed by atoms with van der Waals surface area (Å²) in [5.74, 6) is 0.0252. The Bertz CT molecular complexity index is 4060. The van der Waals surface area contributed by atoms with E-state index in [9.17, 15) is 9.60 Å². The molecule has 11 rings (SSSR count). The molecular weight excluding hydrogens is 685 g/mol. The van der Waals surface area contributed by atoms with E-state index in [0.717, 1.165) is 27.1 Å². The van der Waals surface area contributed by atoms with Crippen LogP contribution in [0.4, 0.5) is 0 Å². The van der Waals surface area contributed by atoms with Gasteiger partial charge in [0.25, 0.3) is 0 Å². The van der Waals surface area contributed by atoms with Gasteiger partial charge in [-0.05, 0) is 58.6 Å². The van der Waals surface area contributed by atoms with Crippen LogP contribution in [-0.2, 0) is 0 Å². The van der Waals surface area contributed by atoms with Crippen LogP contribution >= 0.6 is 0 Å². The highest BCUT2D eigenvalue weighted by atomic mass is 16.3. The topological polar surface area (TPSA) is 56.7 Å². The summed E-state index contributed by atoms with van der Waals surface area (Å²) in [6, 6.07) is 20.9. The molecule has 0 spiro atoms. The summed E-state index contributed by atoms with van der Waals surface area (Å²) in [6.07, 6.45) is 0. The number of fused-ring (bicyclic) bond motifs is 6. The molecule has 0 saturated heterocycles. The van der Waals surface area contributed by atoms with Gasteiger partial charge in [0, 0.05) is 43.9 Å². The third kappa shape index (κ3) is 5.37. The Morgan fingerprint density at radius 3 is 1.89 bits per heavy atom. The molecule has 11 aromatic rings. The van der Waals surface area contributed by atoms with Gasteiger partial charge in [0.05, 0.1) is 31.6 Å². The minimum atomic E-state index is -0.815. The van der Waals surface area contributed by atoms with Gasteiger partial charge < -0.3 is 8.98 Å². The van der Waals surface area contributed by atoms with Crippen molar-refractivity contribution in [3.05, 3.63) is 194 Å². The molecular formula is C51H32N4O. The molecule has 0 unspecified atom stereocenters. The van der Waals surface area contributed by atoms with Gasteiger partial charge in [0.1, 0.15) is 11.2 Å². The third-order valence-corrected chi connectivity index (χ3v) is 9.57. The van der Waals surface area contributed by atoms with Crippen LogP contribution in [0.2, 0.25) is 0 Å². The summed E-state index contributed by atoms with van der Waals surface area (Å²) in [5.41, 5.74) is 1.59. The van der Waals surface area contributed by atoms with Crippen LogP contribution in [-0.4, -0.2) is 19.5 Å². The van der Waals surface area contributed by atoms with Gasteiger partial charge in [-0.25, -0.2) is 15.0 Å². The smallest absolute Gasteiger partial charge is 0.164 e. The van der Waals surface area contributed by atoms with Crippen LogP contribution in [0.3, 0.4) is 0 Å². The summed E-state index contributed by atoms with van der Waals surface area (Å²) in [5, 5.41) is 1.03. The predicted molar refractivity (Wildman–Crippen MR) is 229 cm³/mol. The number of hydrogen-bond acceptors (Lipinski definition) is 4. The largest absolute Gasteiger partial charge is 0.456 e. The van der Waals surface area contributed by atoms with Crippen molar-refractivity contribution in [3.63, 3.8) is 0 Å². The number of rotatable bonds is 6. The SMILES string of the molecule is [2H]c1cc2c(c([2H])c1[2H])c1c([2H])c([2H])c(-c3nc(-c4ccc(-c5ccccc5)cc4)nc(-c4cccc5oc6ccccc6c45)n3)c([2H])c1n2-c1c([2H])c([2H])c(-c2c([2H])c([2H])c([2H])c([2H])c2[2H])c([2H])c1[2H]. The maximum atomic E-state index is 10.0. The molecule has 5 heteroatoms. The van der Waals surface area contributed by atoms with E-state index in [0.29, 0.717) is 27.7 Å². The average Bonchev–Trinajstić information content (AvgIpc) is 3.93. The van der Waals surface area contributed by atoms with Crippen molar-refractivity contribution in [2.45, 2.75) is 0 Å². The van der Waals surface area contributed by atoms with Gasteiger partial charge >= 0.3 is 0 Å². The lowest BCUT2D eigenvalue weighted by Crippen LogP contribution is -2.01. The number of furan rings is 1. The fourth-order valence-corrected chi connectivity index (χ4v) is 6.97. The summed E-state index contributed by atoms with van der Waals surface area (Å²) < 4.78 is 142. The van der Waals surface area contributed by atoms with Crippen LogP contribution in [0.1, 0.15) is 20.6 Å². The van der Waals surface area contributed by atoms with Crippen molar-refractivity contribution in [1.82, 2.24) is 19.5 Å². The van der Waals surface area contributed by atoms with E-state index >= 15 is 0 Å². The van der Waals surface area contributed by atoms with Crippen molar-refractivity contribution in [2.75, 3.05) is 0 Å². The Balaban J connectivity index is 1.23. The normalized spacial score (nSPS) is 15.3. The fourth-order valence-electron chi connectivity index (χ4n) is 6.97. The first-order valence-electron chi connectivity index (χ1n) is 25.1. The molecule has 0 atom stereocenters. The minimum Gasteiger partial charge on any atom is -0.456 e. The summed E-state index contributed by atoms with van der Waals surface area (Å²) >= 11 is 0. The van der Waals surface area contributed by atoms with Crippen molar-refractivity contribution in [3.8, 4) is 62.1 Å². The number of hydrogen-bond donors (Lipinski definition) is 0. The molecule has 3 heterocycles. The van der Waals surface area contributed by atoms with Gasteiger partial charge in [-0.2, -0.15) is 0 Å². The first-order chi connectivity index (χ1) is 34.0. The molecule has 8 aromatic carbocycles. The molecule has 0 bridgehead atoms. The molecule has 5 nitrogen and oxygen atoms in total. The second-order valence-electron chi connectivity index (χ2n) is 12.9. The Labute approximate surface area is 343 Å². The molecule has 0 radical (unpaired) electrons. The standard InChI is InChI=1S/C51H32N4O/c1-3-12-33(13-4-1)35-22-24-37(25-23-35)49-52-50(54-51(53-49)43-18-11-21-47-48(43)42-17-8-10-20-46(42)56-47)38-28-31-41-40-16-7-9-19-44(40)55(45(41)32-38)39-29-26-36(27-30-39)34-14-5-2-6-15-34/h1-32H/i2D,5D,6D,7D,9D,14D,15D,16D,26D,27D,28D,29D,30D,31D,32D. The molecule has 3 aromatic heterocycles. The number of nitrogens with zero attached hydrogens (tertiary/aromatic N) is 4. The van der Waals surface area contributed by atoms with Crippen LogP contribution < -0.4 is 0 Å². The first kappa shape index (κ1) is 20.2. The molecule has 0 aliphatic carbocycles. The van der Waals surface area contributed by atoms with Gasteiger partial charge in [-0.3, -0.25) is 0 Å². The van der Waals surface area contributed by atoms with E-state index in [2.05, 4.69) is 0 Å². The lowest BCUT2D eigenvalue weighted by atomic mass is 10.0. The Morgan fingerprint density at radius 1 is 0.411 bits per heavy atom. The predicted octanol–water partition coefficient (Wildman–Crippen LogP) is 13.2. The lowest BCUT2D eigenvalue weighted by Gasteiger charge is -2.12. The molecule has 0 aliphatic rings. The van der Waals surface area contributed by atoms with Gasteiger partial charge in [-0.1, -0.05) is 157 Å². The summed E-state index contributed by atoms with van der Waals surface area (Å²) in [6.45, 7) is 0. The van der Waals surface area contributed by atoms with Crippen LogP contribution in [0.25, 0.3) is 106 Å². The quantitative estimate of drug-likeness (QED) is 0.171. The highest BCUT2D eigenvalue weighted by Gasteiger charge is 2.19. The Morgan fingerprint density at radius 2 is 1.05 bits per heavy atom. The molecule has 0 aliphatic heterocycles. The molecule has 262 valence electrons. The van der Waals surface area contributed by atoms with E-state index in [1.807, 2.05) is 78.9 Å². The average molecular weight is 732 g/mol. The zero-order valence-electron chi connectivity index (χ0n) is 44.0. The number of para-hydroxylation sites is 2. The van der Waals surface area contributed by atoms with E-state index < -0.39 is 107 Å². The molecule has 0 fully saturated rings. The second kappa shape index (κ2) is 13.0. The number of benzene rings is 8. The van der Waals surface area contributed by atoms with Gasteiger partial charge in [0.15, 0.2) is 17.5 Å². The zero-order valence-corrected chi connectivity index (χ0v) is 29.0. The Kier molecular flexibility index (Phi) is 4.70. The second-order valence-corrected chi connectivity index (χ2v) is 12.9. The van der Waals surface area contributed by atoms with Crippen molar-refractivity contribution in [2.24, 2.45) is 0 Å². The summed E-state index contributed by atoms with van der Waals surface area (Å²) in [4.78, 5) is 14.7. The van der Waals surface area contributed by atoms with Crippen LogP contribution in [0.5, 0.6) is 0 Å². The first-order valence-corrected chi connectivity index (χ1v) is 17.6. The zero-order chi connectivity index (χ0) is 50.1. The molecule has 56 heavy (non-hydrogen) atoms. The lowest BCUT2D eigenvalue weighted by molar-refractivity contribution is 0.669.